The number of hydrogen-bond donors (Lipinski definition) is 3. The molecule has 3 aliphatic carbocycles. The van der Waals surface area contributed by atoms with Gasteiger partial charge in [0.15, 0.2) is 0 Å². The molecule has 0 spiro atoms. The van der Waals surface area contributed by atoms with E-state index >= 15 is 0 Å². The van der Waals surface area contributed by atoms with Crippen LogP contribution in [0.2, 0.25) is 0 Å². The van der Waals surface area contributed by atoms with Crippen molar-refractivity contribution in [3.05, 3.63) is 65.0 Å². The van der Waals surface area contributed by atoms with Crippen molar-refractivity contribution in [2.24, 2.45) is 5.41 Å². The Morgan fingerprint density at radius 2 is 1.62 bits per heavy atom. The molecule has 2 aliphatic heterocycles. The van der Waals surface area contributed by atoms with E-state index in [1.807, 2.05) is 26.0 Å². The molecule has 1 unspecified atom stereocenters. The summed E-state index contributed by atoms with van der Waals surface area (Å²) >= 11 is 0. The minimum absolute atomic E-state index is 0.0695. The van der Waals surface area contributed by atoms with Crippen LogP contribution in [0.4, 0.5) is 14.9 Å². The number of amides is 2. The Kier molecular flexibility index (Phi) is 6.57. The van der Waals surface area contributed by atoms with Gasteiger partial charge >= 0.3 is 6.03 Å². The Hall–Kier alpha value is -2.53. The van der Waals surface area contributed by atoms with Gasteiger partial charge in [-0.3, -0.25) is 5.32 Å². The van der Waals surface area contributed by atoms with Crippen molar-refractivity contribution in [3.8, 4) is 0 Å². The minimum Gasteiger partial charge on any atom is -0.353 e. The number of carbonyl (C=O) groups is 1. The normalized spacial score (nSPS) is 29.4. The summed E-state index contributed by atoms with van der Waals surface area (Å²) in [6, 6.07) is 12.8. The molecule has 2 aromatic carbocycles. The van der Waals surface area contributed by atoms with E-state index < -0.39 is 15.6 Å². The van der Waals surface area contributed by atoms with Gasteiger partial charge in [-0.2, -0.15) is 0 Å². The van der Waals surface area contributed by atoms with E-state index in [0.29, 0.717) is 26.2 Å². The summed E-state index contributed by atoms with van der Waals surface area (Å²) < 4.78 is 45.9. The largest absolute Gasteiger partial charge is 0.353 e. The van der Waals surface area contributed by atoms with Crippen LogP contribution in [0.25, 0.3) is 0 Å². The van der Waals surface area contributed by atoms with E-state index in [9.17, 15) is 17.6 Å². The summed E-state index contributed by atoms with van der Waals surface area (Å²) in [5.41, 5.74) is 3.15. The number of nitrogens with zero attached hydrogens (tertiary/aromatic N) is 1. The lowest BCUT2D eigenvalue weighted by Crippen LogP contribution is -2.60. The van der Waals surface area contributed by atoms with Gasteiger partial charge in [-0.15, -0.1) is 0 Å². The van der Waals surface area contributed by atoms with Crippen molar-refractivity contribution in [2.75, 3.05) is 24.7 Å². The van der Waals surface area contributed by atoms with Crippen molar-refractivity contribution in [2.45, 2.75) is 82.1 Å². The molecular weight excluding hydrogens is 531 g/mol. The number of ether oxygens (including phenoxy) is 1. The van der Waals surface area contributed by atoms with Gasteiger partial charge in [0.1, 0.15) is 11.5 Å². The van der Waals surface area contributed by atoms with Gasteiger partial charge in [0, 0.05) is 36.3 Å². The molecule has 5 aliphatic rings. The van der Waals surface area contributed by atoms with Crippen LogP contribution < -0.4 is 15.4 Å². The summed E-state index contributed by atoms with van der Waals surface area (Å²) in [7, 11) is -3.30. The Bertz CT molecular complexity index is 1400. The first-order chi connectivity index (χ1) is 18.8. The summed E-state index contributed by atoms with van der Waals surface area (Å²) in [6.45, 7) is 5.84. The van der Waals surface area contributed by atoms with Crippen LogP contribution in [0.5, 0.6) is 0 Å². The molecule has 2 aromatic rings. The van der Waals surface area contributed by atoms with E-state index in [1.54, 1.807) is 11.0 Å². The van der Waals surface area contributed by atoms with Gasteiger partial charge in [0.2, 0.25) is 10.0 Å². The van der Waals surface area contributed by atoms with Crippen LogP contribution in [0.1, 0.15) is 69.1 Å². The third kappa shape index (κ3) is 5.15. The predicted molar refractivity (Wildman–Crippen MR) is 152 cm³/mol. The van der Waals surface area contributed by atoms with E-state index in [1.165, 1.54) is 24.0 Å². The number of nitrogens with one attached hydrogen (secondary N) is 3. The second-order valence-corrected chi connectivity index (χ2v) is 14.8. The Balaban J connectivity index is 1.06. The fraction of sp³-hybridized carbons (Fsp3) is 0.567. The lowest BCUT2D eigenvalue weighted by atomic mass is 9.50. The number of hydrogen-bond acceptors (Lipinski definition) is 5. The molecule has 40 heavy (non-hydrogen) atoms. The molecule has 8 nitrogen and oxygen atoms in total. The molecule has 4 fully saturated rings. The second kappa shape index (κ2) is 9.51. The number of halogens is 1. The zero-order chi connectivity index (χ0) is 28.4. The second-order valence-electron chi connectivity index (χ2n) is 13.1. The average molecular weight is 571 g/mol. The SMILES string of the molecule is CC(C)(CNC1(C23CCC(c4ccc(NC(=O)N5Cc6ccc(F)cc6C5)cc4)(CC2)CC3)CO1)NS(C)(=O)=O. The Labute approximate surface area is 236 Å². The van der Waals surface area contributed by atoms with Crippen LogP contribution in [0.3, 0.4) is 0 Å². The first-order valence-corrected chi connectivity index (χ1v) is 16.0. The smallest absolute Gasteiger partial charge is 0.322 e. The molecule has 2 amide bonds. The highest BCUT2D eigenvalue weighted by atomic mass is 32.2. The number of fused-ring (bicyclic) bond motifs is 4. The molecule has 2 heterocycles. The number of rotatable bonds is 8. The molecular formula is C30H39FN4O4S. The van der Waals surface area contributed by atoms with Crippen molar-refractivity contribution in [1.29, 1.82) is 0 Å². The van der Waals surface area contributed by atoms with Crippen molar-refractivity contribution in [3.63, 3.8) is 0 Å². The molecule has 0 radical (unpaired) electrons. The average Bonchev–Trinajstić information content (AvgIpc) is 3.60. The third-order valence-corrected chi connectivity index (χ3v) is 10.7. The van der Waals surface area contributed by atoms with E-state index in [2.05, 4.69) is 27.5 Å². The summed E-state index contributed by atoms with van der Waals surface area (Å²) in [5, 5.41) is 6.62. The van der Waals surface area contributed by atoms with Gasteiger partial charge < -0.3 is 15.0 Å². The topological polar surface area (TPSA) is 103 Å². The maximum atomic E-state index is 13.6. The zero-order valence-corrected chi connectivity index (χ0v) is 24.3. The van der Waals surface area contributed by atoms with Crippen LogP contribution in [0.15, 0.2) is 42.5 Å². The number of sulfonamides is 1. The zero-order valence-electron chi connectivity index (χ0n) is 23.5. The molecule has 7 rings (SSSR count). The summed E-state index contributed by atoms with van der Waals surface area (Å²) in [4.78, 5) is 14.6. The maximum Gasteiger partial charge on any atom is 0.322 e. The highest BCUT2D eigenvalue weighted by molar-refractivity contribution is 7.88. The number of urea groups is 1. The lowest BCUT2D eigenvalue weighted by molar-refractivity contribution is -0.0444. The van der Waals surface area contributed by atoms with Crippen LogP contribution in [-0.2, 0) is 33.3 Å². The molecule has 2 bridgehead atoms. The lowest BCUT2D eigenvalue weighted by Gasteiger charge is -2.56. The Morgan fingerprint density at radius 1 is 1.00 bits per heavy atom. The number of benzene rings is 2. The van der Waals surface area contributed by atoms with Crippen molar-refractivity contribution in [1.82, 2.24) is 14.9 Å². The highest BCUT2D eigenvalue weighted by Crippen LogP contribution is 2.64. The quantitative estimate of drug-likeness (QED) is 0.403. The van der Waals surface area contributed by atoms with Gasteiger partial charge in [0.25, 0.3) is 0 Å². The number of epoxide rings is 1. The number of carbonyl (C=O) groups excluding carboxylic acids is 1. The van der Waals surface area contributed by atoms with Crippen LogP contribution in [-0.4, -0.2) is 50.0 Å². The molecule has 10 heteroatoms. The molecule has 3 saturated carbocycles. The fourth-order valence-corrected chi connectivity index (χ4v) is 8.49. The molecule has 1 saturated heterocycles. The van der Waals surface area contributed by atoms with E-state index in [0.717, 1.165) is 55.3 Å². The maximum absolute atomic E-state index is 13.6. The molecule has 3 N–H and O–H groups in total. The summed E-state index contributed by atoms with van der Waals surface area (Å²) in [6.07, 6.45) is 7.63. The monoisotopic (exact) mass is 570 g/mol. The minimum atomic E-state index is -3.30. The predicted octanol–water partition coefficient (Wildman–Crippen LogP) is 4.61. The van der Waals surface area contributed by atoms with Crippen LogP contribution in [0, 0.1) is 11.2 Å². The first kappa shape index (κ1) is 27.6. The van der Waals surface area contributed by atoms with Gasteiger partial charge in [-0.05, 0) is 98.7 Å². The highest BCUT2D eigenvalue weighted by Gasteiger charge is 2.65. The van der Waals surface area contributed by atoms with Gasteiger partial charge in [-0.1, -0.05) is 18.2 Å². The third-order valence-electron chi connectivity index (χ3n) is 9.74. The summed E-state index contributed by atoms with van der Waals surface area (Å²) in [5.74, 6) is -0.277. The molecule has 1 atom stereocenters. The van der Waals surface area contributed by atoms with Gasteiger partial charge in [0.05, 0.1) is 12.9 Å². The first-order valence-electron chi connectivity index (χ1n) is 14.1. The standard InChI is InChI=1S/C30H39FN4O4S/c1-27(2,34-40(3,37)38)19-32-30(20-39-30)29-13-10-28(11-14-29,12-15-29)23-5-8-25(9-6-23)33-26(36)35-17-21-4-7-24(31)16-22(21)18-35/h4-9,16,32,34H,10-15,17-20H2,1-3H3,(H,33,36). The fourth-order valence-electron chi connectivity index (χ4n) is 7.41. The number of anilines is 1. The molecule has 216 valence electrons. The van der Waals surface area contributed by atoms with Crippen molar-refractivity contribution >= 4 is 21.7 Å². The van der Waals surface area contributed by atoms with E-state index in [-0.39, 0.29) is 28.4 Å². The van der Waals surface area contributed by atoms with E-state index in [4.69, 9.17) is 4.74 Å². The molecule has 0 aromatic heterocycles. The van der Waals surface area contributed by atoms with Crippen LogP contribution >= 0.6 is 0 Å². The Morgan fingerprint density at radius 3 is 2.23 bits per heavy atom. The van der Waals surface area contributed by atoms with Gasteiger partial charge in [-0.25, -0.2) is 22.3 Å². The van der Waals surface area contributed by atoms with Crippen molar-refractivity contribution < 1.29 is 22.3 Å².